The average molecular weight is 463 g/mol. The number of benzene rings is 2. The van der Waals surface area contributed by atoms with E-state index >= 15 is 0 Å². The Hall–Kier alpha value is -1.89. The molecule has 24 heavy (non-hydrogen) atoms. The SMILES string of the molecule is [O-]c1c(Br)cc(C=NOc2ccc(N([O-])O)cc2N(O)O)cc1Br. The molecule has 0 saturated carbocycles. The van der Waals surface area contributed by atoms with Gasteiger partial charge in [0.2, 0.25) is 0 Å². The van der Waals surface area contributed by atoms with Crippen molar-refractivity contribution < 1.29 is 25.6 Å². The summed E-state index contributed by atoms with van der Waals surface area (Å²) < 4.78 is 0.664. The van der Waals surface area contributed by atoms with Gasteiger partial charge in [0.05, 0.1) is 11.9 Å². The Balaban J connectivity index is 2.22. The van der Waals surface area contributed by atoms with E-state index in [4.69, 9.17) is 20.5 Å². The van der Waals surface area contributed by atoms with Crippen molar-refractivity contribution in [3.05, 3.63) is 50.0 Å². The molecule has 0 saturated heterocycles. The van der Waals surface area contributed by atoms with Gasteiger partial charge in [-0.25, -0.2) is 0 Å². The van der Waals surface area contributed by atoms with Crippen molar-refractivity contribution in [2.75, 3.05) is 10.5 Å². The summed E-state index contributed by atoms with van der Waals surface area (Å²) >= 11 is 6.22. The lowest BCUT2D eigenvalue weighted by molar-refractivity contribution is -0.270. The molecule has 0 spiro atoms. The van der Waals surface area contributed by atoms with Gasteiger partial charge in [-0.1, -0.05) is 42.8 Å². The zero-order valence-electron chi connectivity index (χ0n) is 11.6. The van der Waals surface area contributed by atoms with E-state index in [0.29, 0.717) is 14.5 Å². The first-order valence-electron chi connectivity index (χ1n) is 6.14. The van der Waals surface area contributed by atoms with E-state index in [0.717, 1.165) is 6.07 Å². The second-order valence-corrected chi connectivity index (χ2v) is 6.06. The molecular formula is C13H9Br2N3O6-2. The van der Waals surface area contributed by atoms with Crippen LogP contribution in [0.5, 0.6) is 11.5 Å². The molecule has 0 unspecified atom stereocenters. The quantitative estimate of drug-likeness (QED) is 0.455. The molecule has 128 valence electrons. The molecule has 0 aliphatic heterocycles. The fourth-order valence-corrected chi connectivity index (χ4v) is 2.88. The van der Waals surface area contributed by atoms with Crippen molar-refractivity contribution in [3.8, 4) is 11.5 Å². The third kappa shape index (κ3) is 4.35. The van der Waals surface area contributed by atoms with Gasteiger partial charge in [-0.2, -0.15) is 0 Å². The maximum atomic E-state index is 11.5. The fraction of sp³-hybridized carbons (Fsp3) is 0. The molecule has 9 nitrogen and oxygen atoms in total. The molecular weight excluding hydrogens is 454 g/mol. The molecule has 0 aliphatic rings. The first-order valence-corrected chi connectivity index (χ1v) is 7.72. The van der Waals surface area contributed by atoms with Crippen molar-refractivity contribution in [2.24, 2.45) is 5.16 Å². The van der Waals surface area contributed by atoms with Gasteiger partial charge in [0.1, 0.15) is 5.69 Å². The van der Waals surface area contributed by atoms with Gasteiger partial charge in [0.25, 0.3) is 0 Å². The fourth-order valence-electron chi connectivity index (χ4n) is 1.66. The summed E-state index contributed by atoms with van der Waals surface area (Å²) in [5, 5.41) is 52.4. The van der Waals surface area contributed by atoms with Crippen molar-refractivity contribution in [3.63, 3.8) is 0 Å². The van der Waals surface area contributed by atoms with E-state index in [9.17, 15) is 10.3 Å². The van der Waals surface area contributed by atoms with Crippen LogP contribution >= 0.6 is 31.9 Å². The second kappa shape index (κ2) is 7.79. The van der Waals surface area contributed by atoms with E-state index in [1.165, 1.54) is 30.5 Å². The van der Waals surface area contributed by atoms with Crippen LogP contribution in [0.3, 0.4) is 0 Å². The Kier molecular flexibility index (Phi) is 5.99. The minimum atomic E-state index is -0.445. The molecule has 0 heterocycles. The number of hydrogen-bond acceptors (Lipinski definition) is 9. The van der Waals surface area contributed by atoms with Gasteiger partial charge >= 0.3 is 0 Å². The Morgan fingerprint density at radius 2 is 1.71 bits per heavy atom. The van der Waals surface area contributed by atoms with Gasteiger partial charge in [0.15, 0.2) is 5.75 Å². The second-order valence-electron chi connectivity index (χ2n) is 4.35. The van der Waals surface area contributed by atoms with Crippen LogP contribution in [0.25, 0.3) is 0 Å². The van der Waals surface area contributed by atoms with Crippen molar-refractivity contribution in [1.29, 1.82) is 0 Å². The summed E-state index contributed by atoms with van der Waals surface area (Å²) in [7, 11) is 0. The standard InChI is InChI=1S/C13H10Br2N3O6/c14-9-3-7(4-10(15)13(9)19)6-16-24-12-2-1-8(17(20)21)5-11(12)18(22)23/h1-6,19-20,22-23H/q-1/p-1. The minimum absolute atomic E-state index is 0.0968. The first-order chi connectivity index (χ1) is 11.3. The van der Waals surface area contributed by atoms with Crippen LogP contribution in [0.15, 0.2) is 44.4 Å². The van der Waals surface area contributed by atoms with Gasteiger partial charge in [0, 0.05) is 8.95 Å². The van der Waals surface area contributed by atoms with E-state index in [1.807, 2.05) is 0 Å². The van der Waals surface area contributed by atoms with Gasteiger partial charge in [-0.15, -0.1) is 5.23 Å². The highest BCUT2D eigenvalue weighted by Gasteiger charge is 2.11. The molecule has 2 rings (SSSR count). The predicted molar refractivity (Wildman–Crippen MR) is 89.6 cm³/mol. The Bertz CT molecular complexity index is 746. The molecule has 0 bridgehead atoms. The van der Waals surface area contributed by atoms with Crippen LogP contribution in [-0.2, 0) is 0 Å². The largest absolute Gasteiger partial charge is 0.871 e. The van der Waals surface area contributed by atoms with Crippen molar-refractivity contribution in [1.82, 2.24) is 0 Å². The maximum Gasteiger partial charge on any atom is 0.186 e. The molecule has 0 atom stereocenters. The molecule has 0 aromatic heterocycles. The van der Waals surface area contributed by atoms with Crippen LogP contribution in [0.1, 0.15) is 5.56 Å². The number of rotatable bonds is 5. The topological polar surface area (TPSA) is 135 Å². The third-order valence-electron chi connectivity index (χ3n) is 2.75. The monoisotopic (exact) mass is 461 g/mol. The Morgan fingerprint density at radius 3 is 2.25 bits per heavy atom. The van der Waals surface area contributed by atoms with E-state index in [1.54, 1.807) is 0 Å². The summed E-state index contributed by atoms with van der Waals surface area (Å²) in [6.07, 6.45) is 1.29. The molecule has 0 radical (unpaired) electrons. The van der Waals surface area contributed by atoms with E-state index in [2.05, 4.69) is 37.0 Å². The van der Waals surface area contributed by atoms with Gasteiger partial charge in [-0.05, 0) is 35.9 Å². The number of nitrogens with zero attached hydrogens (tertiary/aromatic N) is 3. The van der Waals surface area contributed by atoms with Crippen molar-refractivity contribution >= 4 is 49.4 Å². The zero-order valence-corrected chi connectivity index (χ0v) is 14.8. The van der Waals surface area contributed by atoms with Crippen LogP contribution < -0.4 is 20.4 Å². The highest BCUT2D eigenvalue weighted by Crippen LogP contribution is 2.32. The van der Waals surface area contributed by atoms with Crippen LogP contribution in [0.4, 0.5) is 11.4 Å². The zero-order chi connectivity index (χ0) is 17.9. The number of halogens is 2. The summed E-state index contributed by atoms with van der Waals surface area (Å²) in [4.78, 5) is 5.04. The number of anilines is 2. The Morgan fingerprint density at radius 1 is 1.08 bits per heavy atom. The molecule has 11 heteroatoms. The lowest BCUT2D eigenvalue weighted by atomic mass is 10.2. The molecule has 3 N–H and O–H groups in total. The smallest absolute Gasteiger partial charge is 0.186 e. The summed E-state index contributed by atoms with van der Waals surface area (Å²) in [6, 6.07) is 6.40. The number of oxime groups is 1. The predicted octanol–water partition coefficient (Wildman–Crippen LogP) is 2.98. The van der Waals surface area contributed by atoms with E-state index in [-0.39, 0.29) is 28.1 Å². The lowest BCUT2D eigenvalue weighted by Crippen LogP contribution is -2.14. The summed E-state index contributed by atoms with van der Waals surface area (Å²) in [5.74, 6) is -0.311. The summed E-state index contributed by atoms with van der Waals surface area (Å²) in [5.41, 5.74) is -0.0254. The lowest BCUT2D eigenvalue weighted by Gasteiger charge is -2.23. The Labute approximate surface area is 152 Å². The number of hydrogen-bond donors (Lipinski definition) is 3. The van der Waals surface area contributed by atoms with E-state index < -0.39 is 5.23 Å². The molecule has 2 aromatic carbocycles. The van der Waals surface area contributed by atoms with Crippen molar-refractivity contribution in [2.45, 2.75) is 0 Å². The molecule has 0 aliphatic carbocycles. The third-order valence-corrected chi connectivity index (χ3v) is 3.93. The summed E-state index contributed by atoms with van der Waals surface area (Å²) in [6.45, 7) is 0. The van der Waals surface area contributed by atoms with Crippen LogP contribution in [0, 0.1) is 5.21 Å². The highest BCUT2D eigenvalue weighted by molar-refractivity contribution is 9.11. The average Bonchev–Trinajstić information content (AvgIpc) is 2.52. The van der Waals surface area contributed by atoms with Crippen LogP contribution in [-0.4, -0.2) is 21.8 Å². The molecule has 2 aromatic rings. The highest BCUT2D eigenvalue weighted by atomic mass is 79.9. The van der Waals surface area contributed by atoms with Crippen LogP contribution in [0.2, 0.25) is 0 Å². The van der Waals surface area contributed by atoms with Gasteiger partial charge < -0.3 is 20.4 Å². The maximum absolute atomic E-state index is 11.5. The minimum Gasteiger partial charge on any atom is -0.871 e. The van der Waals surface area contributed by atoms with Gasteiger partial charge in [-0.3, -0.25) is 15.6 Å². The first kappa shape index (κ1) is 18.4. The molecule has 0 fully saturated rings. The normalized spacial score (nSPS) is 10.9. The molecule has 0 amide bonds.